The molecule has 1 aromatic rings. The number of thioether (sulfide) groups is 1. The Bertz CT molecular complexity index is 603. The summed E-state index contributed by atoms with van der Waals surface area (Å²) in [5.41, 5.74) is 3.81. The van der Waals surface area contributed by atoms with E-state index >= 15 is 0 Å². The average molecular weight is 345 g/mol. The number of benzene rings is 1. The normalized spacial score (nSPS) is 19.6. The van der Waals surface area contributed by atoms with Gasteiger partial charge in [-0.1, -0.05) is 19.9 Å². The van der Waals surface area contributed by atoms with Gasteiger partial charge < -0.3 is 15.5 Å². The van der Waals surface area contributed by atoms with Gasteiger partial charge in [-0.05, 0) is 48.4 Å². The van der Waals surface area contributed by atoms with Crippen LogP contribution in [0.2, 0.25) is 0 Å². The van der Waals surface area contributed by atoms with Gasteiger partial charge in [0.15, 0.2) is 0 Å². The largest absolute Gasteiger partial charge is 0.370 e. The first-order valence-electron chi connectivity index (χ1n) is 8.90. The van der Waals surface area contributed by atoms with Gasteiger partial charge in [-0.25, -0.2) is 0 Å². The predicted octanol–water partition coefficient (Wildman–Crippen LogP) is 3.85. The molecule has 0 aliphatic carbocycles. The predicted molar refractivity (Wildman–Crippen MR) is 107 cm³/mol. The number of rotatable bonds is 6. The van der Waals surface area contributed by atoms with Crippen molar-refractivity contribution in [3.05, 3.63) is 35.2 Å². The summed E-state index contributed by atoms with van der Waals surface area (Å²) in [6.45, 7) is 7.59. The van der Waals surface area contributed by atoms with Crippen molar-refractivity contribution < 1.29 is 0 Å². The molecule has 1 atom stereocenters. The zero-order valence-corrected chi connectivity index (χ0v) is 15.5. The third-order valence-corrected chi connectivity index (χ3v) is 5.63. The van der Waals surface area contributed by atoms with Crippen LogP contribution >= 0.6 is 11.8 Å². The Hall–Kier alpha value is -1.46. The number of hydrogen-bond acceptors (Lipinski definition) is 4. The van der Waals surface area contributed by atoms with E-state index in [0.717, 1.165) is 38.2 Å². The van der Waals surface area contributed by atoms with Gasteiger partial charge in [-0.2, -0.15) is 0 Å². The first kappa shape index (κ1) is 17.4. The minimum absolute atomic E-state index is 0.250. The van der Waals surface area contributed by atoms with E-state index in [1.807, 2.05) is 0 Å². The number of hydrogen-bond donors (Lipinski definition) is 3. The first-order valence-corrected chi connectivity index (χ1v) is 9.85. The van der Waals surface area contributed by atoms with Crippen LogP contribution in [-0.4, -0.2) is 36.8 Å². The van der Waals surface area contributed by atoms with Gasteiger partial charge in [-0.3, -0.25) is 5.41 Å². The van der Waals surface area contributed by atoms with Gasteiger partial charge in [0.2, 0.25) is 0 Å². The van der Waals surface area contributed by atoms with Crippen molar-refractivity contribution in [3.63, 3.8) is 0 Å². The van der Waals surface area contributed by atoms with Gasteiger partial charge in [0, 0.05) is 37.1 Å². The van der Waals surface area contributed by atoms with Crippen LogP contribution in [-0.2, 0) is 6.42 Å². The summed E-state index contributed by atoms with van der Waals surface area (Å²) in [5, 5.41) is 17.4. The van der Waals surface area contributed by atoms with E-state index in [4.69, 9.17) is 5.41 Å². The summed E-state index contributed by atoms with van der Waals surface area (Å²) in [7, 11) is 0. The highest BCUT2D eigenvalue weighted by atomic mass is 32.2. The highest BCUT2D eigenvalue weighted by Gasteiger charge is 2.19. The topological polar surface area (TPSA) is 51.1 Å². The lowest BCUT2D eigenvalue weighted by Crippen LogP contribution is -2.37. The molecule has 1 unspecified atom stereocenters. The molecule has 0 bridgehead atoms. The van der Waals surface area contributed by atoms with E-state index in [-0.39, 0.29) is 5.25 Å². The number of nitrogens with zero attached hydrogens (tertiary/aromatic N) is 1. The van der Waals surface area contributed by atoms with Crippen molar-refractivity contribution in [1.82, 2.24) is 5.32 Å². The second-order valence-corrected chi connectivity index (χ2v) is 7.93. The lowest BCUT2D eigenvalue weighted by Gasteiger charge is -2.32. The number of anilines is 2. The smallest absolute Gasteiger partial charge is 0.112 e. The van der Waals surface area contributed by atoms with Crippen LogP contribution in [0.3, 0.4) is 0 Å². The zero-order valence-electron chi connectivity index (χ0n) is 14.6. The molecule has 0 radical (unpaired) electrons. The molecule has 0 fully saturated rings. The van der Waals surface area contributed by atoms with Crippen LogP contribution in [0.1, 0.15) is 32.3 Å². The van der Waals surface area contributed by atoms with Crippen molar-refractivity contribution in [3.8, 4) is 0 Å². The Balaban J connectivity index is 1.63. The standard InChI is InChI=1S/C19H28N4S/c1-14(2)21-9-11-23-10-3-5-15-13-16(7-8-17(15)23)22-19(20)18-6-4-12-24-18/h4,7-8,12-14,18,21H,3,5-6,9-11H2,1-2H3,(H2,20,22). The van der Waals surface area contributed by atoms with Gasteiger partial charge in [0.05, 0.1) is 5.25 Å². The van der Waals surface area contributed by atoms with E-state index in [2.05, 4.69) is 59.1 Å². The highest BCUT2D eigenvalue weighted by molar-refractivity contribution is 8.03. The molecule has 5 heteroatoms. The Labute approximate surface area is 149 Å². The first-order chi connectivity index (χ1) is 11.6. The van der Waals surface area contributed by atoms with Crippen LogP contribution in [0.15, 0.2) is 29.7 Å². The molecule has 2 aliphatic heterocycles. The molecule has 2 heterocycles. The average Bonchev–Trinajstić information content (AvgIpc) is 3.09. The lowest BCUT2D eigenvalue weighted by molar-refractivity contribution is 0.572. The van der Waals surface area contributed by atoms with E-state index in [0.29, 0.717) is 11.9 Å². The number of fused-ring (bicyclic) bond motifs is 1. The molecule has 3 N–H and O–H groups in total. The van der Waals surface area contributed by atoms with E-state index in [9.17, 15) is 0 Å². The quantitative estimate of drug-likeness (QED) is 0.542. The summed E-state index contributed by atoms with van der Waals surface area (Å²) in [4.78, 5) is 2.49. The Morgan fingerprint density at radius 1 is 1.42 bits per heavy atom. The molecule has 4 nitrogen and oxygen atoms in total. The highest BCUT2D eigenvalue weighted by Crippen LogP contribution is 2.30. The second-order valence-electron chi connectivity index (χ2n) is 6.81. The molecular formula is C19H28N4S. The molecule has 0 saturated carbocycles. The minimum atomic E-state index is 0.250. The maximum atomic E-state index is 8.24. The summed E-state index contributed by atoms with van der Waals surface area (Å²) in [5.74, 6) is 0.610. The Kier molecular flexibility index (Phi) is 5.85. The third kappa shape index (κ3) is 4.33. The monoisotopic (exact) mass is 344 g/mol. The summed E-state index contributed by atoms with van der Waals surface area (Å²) in [6, 6.07) is 7.11. The van der Waals surface area contributed by atoms with Gasteiger partial charge in [0.25, 0.3) is 0 Å². The van der Waals surface area contributed by atoms with Gasteiger partial charge in [-0.15, -0.1) is 11.8 Å². The zero-order chi connectivity index (χ0) is 16.9. The lowest BCUT2D eigenvalue weighted by atomic mass is 10.0. The van der Waals surface area contributed by atoms with Gasteiger partial charge in [0.1, 0.15) is 5.84 Å². The van der Waals surface area contributed by atoms with Crippen molar-refractivity contribution in [2.45, 2.75) is 44.4 Å². The van der Waals surface area contributed by atoms with Crippen LogP contribution in [0.5, 0.6) is 0 Å². The summed E-state index contributed by atoms with van der Waals surface area (Å²) >= 11 is 1.73. The molecule has 130 valence electrons. The molecule has 3 rings (SSSR count). The molecule has 0 amide bonds. The van der Waals surface area contributed by atoms with Crippen molar-refractivity contribution in [2.24, 2.45) is 0 Å². The second kappa shape index (κ2) is 8.08. The molecule has 1 aromatic carbocycles. The molecular weight excluding hydrogens is 316 g/mol. The summed E-state index contributed by atoms with van der Waals surface area (Å²) < 4.78 is 0. The molecule has 24 heavy (non-hydrogen) atoms. The van der Waals surface area contributed by atoms with Crippen LogP contribution < -0.4 is 15.5 Å². The third-order valence-electron chi connectivity index (χ3n) is 4.52. The fraction of sp³-hybridized carbons (Fsp3) is 0.526. The van der Waals surface area contributed by atoms with Crippen molar-refractivity contribution in [1.29, 1.82) is 5.41 Å². The fourth-order valence-electron chi connectivity index (χ4n) is 3.28. The number of nitrogens with one attached hydrogen (secondary N) is 3. The number of allylic oxidation sites excluding steroid dienone is 1. The number of aryl methyl sites for hydroxylation is 1. The van der Waals surface area contributed by atoms with Crippen LogP contribution in [0.4, 0.5) is 11.4 Å². The van der Waals surface area contributed by atoms with Crippen molar-refractivity contribution in [2.75, 3.05) is 29.9 Å². The molecule has 0 saturated heterocycles. The minimum Gasteiger partial charge on any atom is -0.370 e. The fourth-order valence-corrected chi connectivity index (χ4v) is 4.11. The maximum Gasteiger partial charge on any atom is 0.112 e. The molecule has 0 aromatic heterocycles. The van der Waals surface area contributed by atoms with Gasteiger partial charge >= 0.3 is 0 Å². The van der Waals surface area contributed by atoms with Crippen LogP contribution in [0.25, 0.3) is 0 Å². The molecule has 0 spiro atoms. The van der Waals surface area contributed by atoms with Crippen molar-refractivity contribution >= 4 is 29.0 Å². The summed E-state index contributed by atoms with van der Waals surface area (Å²) in [6.07, 6.45) is 5.43. The maximum absolute atomic E-state index is 8.24. The van der Waals surface area contributed by atoms with E-state index in [1.165, 1.54) is 17.7 Å². The number of amidine groups is 1. The Morgan fingerprint density at radius 3 is 3.04 bits per heavy atom. The SMILES string of the molecule is CC(C)NCCN1CCCc2cc(NC(=N)C3CC=CS3)ccc21. The van der Waals surface area contributed by atoms with E-state index < -0.39 is 0 Å². The van der Waals surface area contributed by atoms with E-state index in [1.54, 1.807) is 11.8 Å². The van der Waals surface area contributed by atoms with Crippen LogP contribution in [0, 0.1) is 5.41 Å². The molecule has 2 aliphatic rings. The Morgan fingerprint density at radius 2 is 2.29 bits per heavy atom.